The van der Waals surface area contributed by atoms with Crippen LogP contribution in [0, 0.1) is 0 Å². The second kappa shape index (κ2) is 8.22. The van der Waals surface area contributed by atoms with Gasteiger partial charge in [-0.3, -0.25) is 4.79 Å². The SMILES string of the molecule is COc1c(Cl)cc(Cl)cc1C(=O)Nc1cccc(-c2cc3ccccc3oc2=O)c1. The number of anilines is 1. The Morgan fingerprint density at radius 3 is 2.60 bits per heavy atom. The highest BCUT2D eigenvalue weighted by molar-refractivity contribution is 6.36. The Balaban J connectivity index is 1.69. The van der Waals surface area contributed by atoms with Gasteiger partial charge in [0.1, 0.15) is 11.3 Å². The molecule has 0 aliphatic carbocycles. The number of benzene rings is 3. The molecule has 7 heteroatoms. The minimum absolute atomic E-state index is 0.200. The smallest absolute Gasteiger partial charge is 0.344 e. The van der Waals surface area contributed by atoms with Crippen molar-refractivity contribution in [1.82, 2.24) is 0 Å². The van der Waals surface area contributed by atoms with Crippen molar-refractivity contribution in [2.45, 2.75) is 0 Å². The zero-order chi connectivity index (χ0) is 21.3. The molecule has 30 heavy (non-hydrogen) atoms. The van der Waals surface area contributed by atoms with E-state index in [9.17, 15) is 9.59 Å². The third-order valence-electron chi connectivity index (χ3n) is 4.53. The number of halogens is 2. The molecule has 3 aromatic carbocycles. The van der Waals surface area contributed by atoms with Crippen molar-refractivity contribution in [3.05, 3.63) is 92.8 Å². The molecule has 0 spiro atoms. The molecular weight excluding hydrogens is 425 g/mol. The molecule has 0 bridgehead atoms. The second-order valence-corrected chi connectivity index (χ2v) is 7.33. The van der Waals surface area contributed by atoms with Crippen molar-refractivity contribution in [3.63, 3.8) is 0 Å². The lowest BCUT2D eigenvalue weighted by atomic mass is 10.1. The molecule has 0 unspecified atom stereocenters. The summed E-state index contributed by atoms with van der Waals surface area (Å²) in [7, 11) is 1.42. The van der Waals surface area contributed by atoms with Gasteiger partial charge in [0, 0.05) is 16.1 Å². The van der Waals surface area contributed by atoms with Gasteiger partial charge in [-0.2, -0.15) is 0 Å². The van der Waals surface area contributed by atoms with Gasteiger partial charge in [0.2, 0.25) is 0 Å². The number of amides is 1. The quantitative estimate of drug-likeness (QED) is 0.394. The fourth-order valence-corrected chi connectivity index (χ4v) is 3.73. The third kappa shape index (κ3) is 3.90. The van der Waals surface area contributed by atoms with Gasteiger partial charge in [-0.1, -0.05) is 53.5 Å². The topological polar surface area (TPSA) is 68.5 Å². The molecule has 4 rings (SSSR count). The monoisotopic (exact) mass is 439 g/mol. The average Bonchev–Trinajstić information content (AvgIpc) is 2.73. The van der Waals surface area contributed by atoms with Crippen molar-refractivity contribution >= 4 is 45.8 Å². The lowest BCUT2D eigenvalue weighted by Crippen LogP contribution is -2.13. The van der Waals surface area contributed by atoms with E-state index in [0.717, 1.165) is 5.39 Å². The summed E-state index contributed by atoms with van der Waals surface area (Å²) in [5.74, 6) is -0.219. The zero-order valence-electron chi connectivity index (χ0n) is 15.7. The predicted molar refractivity (Wildman–Crippen MR) is 119 cm³/mol. The highest BCUT2D eigenvalue weighted by Crippen LogP contribution is 2.33. The van der Waals surface area contributed by atoms with Crippen LogP contribution < -0.4 is 15.7 Å². The first-order valence-electron chi connectivity index (χ1n) is 8.94. The molecule has 150 valence electrons. The third-order valence-corrected chi connectivity index (χ3v) is 5.03. The van der Waals surface area contributed by atoms with Crippen molar-refractivity contribution < 1.29 is 13.9 Å². The molecule has 0 saturated carbocycles. The summed E-state index contributed by atoms with van der Waals surface area (Å²) in [6.07, 6.45) is 0. The van der Waals surface area contributed by atoms with Gasteiger partial charge >= 0.3 is 5.63 Å². The first-order chi connectivity index (χ1) is 14.5. The lowest BCUT2D eigenvalue weighted by Gasteiger charge is -2.12. The number of carbonyl (C=O) groups is 1. The highest BCUT2D eigenvalue weighted by Gasteiger charge is 2.17. The summed E-state index contributed by atoms with van der Waals surface area (Å²) < 4.78 is 10.6. The summed E-state index contributed by atoms with van der Waals surface area (Å²) >= 11 is 12.1. The number of hydrogen-bond acceptors (Lipinski definition) is 4. The first-order valence-corrected chi connectivity index (χ1v) is 9.69. The molecule has 1 N–H and O–H groups in total. The maximum Gasteiger partial charge on any atom is 0.344 e. The van der Waals surface area contributed by atoms with E-state index in [1.165, 1.54) is 19.2 Å². The van der Waals surface area contributed by atoms with Crippen LogP contribution in [-0.4, -0.2) is 13.0 Å². The second-order valence-electron chi connectivity index (χ2n) is 6.49. The molecule has 0 fully saturated rings. The van der Waals surface area contributed by atoms with Crippen LogP contribution in [0.3, 0.4) is 0 Å². The number of methoxy groups -OCH3 is 1. The minimum atomic E-state index is -0.458. The molecule has 1 amide bonds. The molecule has 5 nitrogen and oxygen atoms in total. The highest BCUT2D eigenvalue weighted by atomic mass is 35.5. The summed E-state index contributed by atoms with van der Waals surface area (Å²) in [5.41, 5.74) is 1.76. The van der Waals surface area contributed by atoms with Crippen LogP contribution in [0.4, 0.5) is 5.69 Å². The van der Waals surface area contributed by atoms with E-state index < -0.39 is 11.5 Å². The first kappa shape index (κ1) is 20.0. The Morgan fingerprint density at radius 1 is 1.00 bits per heavy atom. The van der Waals surface area contributed by atoms with E-state index in [4.69, 9.17) is 32.4 Å². The Hall–Kier alpha value is -3.28. The molecule has 1 aromatic heterocycles. The van der Waals surface area contributed by atoms with Crippen LogP contribution in [0.25, 0.3) is 22.1 Å². The summed E-state index contributed by atoms with van der Waals surface area (Å²) in [5, 5.41) is 4.14. The molecule has 0 aliphatic heterocycles. The Morgan fingerprint density at radius 2 is 1.80 bits per heavy atom. The maximum atomic E-state index is 12.8. The van der Waals surface area contributed by atoms with E-state index >= 15 is 0 Å². The van der Waals surface area contributed by atoms with Crippen LogP contribution in [0.5, 0.6) is 5.75 Å². The number of hydrogen-bond donors (Lipinski definition) is 1. The summed E-state index contributed by atoms with van der Waals surface area (Å²) in [6.45, 7) is 0. The Kier molecular flexibility index (Phi) is 5.48. The van der Waals surface area contributed by atoms with Crippen molar-refractivity contribution in [1.29, 1.82) is 0 Å². The molecule has 0 saturated heterocycles. The van der Waals surface area contributed by atoms with Gasteiger partial charge in [-0.05, 0) is 42.0 Å². The van der Waals surface area contributed by atoms with Crippen LogP contribution in [-0.2, 0) is 0 Å². The normalized spacial score (nSPS) is 10.8. The van der Waals surface area contributed by atoms with Gasteiger partial charge < -0.3 is 14.5 Å². The molecule has 0 atom stereocenters. The summed E-state index contributed by atoms with van der Waals surface area (Å²) in [6, 6.07) is 18.9. The average molecular weight is 440 g/mol. The van der Waals surface area contributed by atoms with E-state index in [0.29, 0.717) is 27.4 Å². The van der Waals surface area contributed by atoms with E-state index in [-0.39, 0.29) is 16.3 Å². The van der Waals surface area contributed by atoms with Gasteiger partial charge in [0.25, 0.3) is 5.91 Å². The number of nitrogens with one attached hydrogen (secondary N) is 1. The Labute approximate surface area is 181 Å². The molecule has 0 radical (unpaired) electrons. The van der Waals surface area contributed by atoms with Crippen LogP contribution in [0.2, 0.25) is 10.0 Å². The number of carbonyl (C=O) groups excluding carboxylic acids is 1. The van der Waals surface area contributed by atoms with Crippen LogP contribution >= 0.6 is 23.2 Å². The summed E-state index contributed by atoms with van der Waals surface area (Å²) in [4.78, 5) is 25.2. The standard InChI is InChI=1S/C23H15Cl2NO4/c1-29-21-18(11-15(24)12-19(21)25)22(27)26-16-7-4-6-13(9-16)17-10-14-5-2-3-8-20(14)30-23(17)28/h2-12H,1H3,(H,26,27). The van der Waals surface area contributed by atoms with Gasteiger partial charge in [-0.15, -0.1) is 0 Å². The number of rotatable bonds is 4. The maximum absolute atomic E-state index is 12.8. The molecule has 4 aromatic rings. The van der Waals surface area contributed by atoms with Crippen molar-refractivity contribution in [3.8, 4) is 16.9 Å². The number of para-hydroxylation sites is 1. The largest absolute Gasteiger partial charge is 0.494 e. The zero-order valence-corrected chi connectivity index (χ0v) is 17.3. The molecular formula is C23H15Cl2NO4. The fourth-order valence-electron chi connectivity index (χ4n) is 3.16. The molecule has 0 aliphatic rings. The minimum Gasteiger partial charge on any atom is -0.494 e. The molecule has 1 heterocycles. The van der Waals surface area contributed by atoms with Gasteiger partial charge in [0.15, 0.2) is 0 Å². The van der Waals surface area contributed by atoms with E-state index in [1.807, 2.05) is 12.1 Å². The lowest BCUT2D eigenvalue weighted by molar-refractivity contribution is 0.102. The number of ether oxygens (including phenoxy) is 1. The predicted octanol–water partition coefficient (Wildman–Crippen LogP) is 6.03. The van der Waals surface area contributed by atoms with Crippen LogP contribution in [0.15, 0.2) is 75.9 Å². The van der Waals surface area contributed by atoms with E-state index in [2.05, 4.69) is 5.32 Å². The van der Waals surface area contributed by atoms with Crippen molar-refractivity contribution in [2.24, 2.45) is 0 Å². The van der Waals surface area contributed by atoms with Crippen LogP contribution in [0.1, 0.15) is 10.4 Å². The Bertz CT molecular complexity index is 1330. The van der Waals surface area contributed by atoms with Gasteiger partial charge in [-0.25, -0.2) is 4.79 Å². The number of fused-ring (bicyclic) bond motifs is 1. The van der Waals surface area contributed by atoms with Gasteiger partial charge in [0.05, 0.1) is 23.3 Å². The van der Waals surface area contributed by atoms with Crippen molar-refractivity contribution in [2.75, 3.05) is 12.4 Å². The van der Waals surface area contributed by atoms with E-state index in [1.54, 1.807) is 42.5 Å². The fraction of sp³-hybridized carbons (Fsp3) is 0.0435.